The third-order valence-electron chi connectivity index (χ3n) is 5.65. The fraction of sp³-hybridized carbons (Fsp3) is 0.250. The van der Waals surface area contributed by atoms with Gasteiger partial charge in [-0.2, -0.15) is 0 Å². The van der Waals surface area contributed by atoms with E-state index in [4.69, 9.17) is 9.37 Å². The topological polar surface area (TPSA) is 93.4 Å². The molecule has 1 amide bonds. The van der Waals surface area contributed by atoms with Gasteiger partial charge in [0.05, 0.1) is 12.2 Å². The van der Waals surface area contributed by atoms with Crippen molar-refractivity contribution in [1.29, 1.82) is 0 Å². The molecule has 1 fully saturated rings. The lowest BCUT2D eigenvalue weighted by Crippen LogP contribution is -2.46. The van der Waals surface area contributed by atoms with Gasteiger partial charge in [-0.3, -0.25) is 14.7 Å². The van der Waals surface area contributed by atoms with Gasteiger partial charge in [-0.15, -0.1) is 0 Å². The summed E-state index contributed by atoms with van der Waals surface area (Å²) in [6.45, 7) is 1.49. The molecule has 0 spiro atoms. The summed E-state index contributed by atoms with van der Waals surface area (Å²) in [6.07, 6.45) is 6.27. The summed E-state index contributed by atoms with van der Waals surface area (Å²) in [6, 6.07) is 16.6. The predicted octanol–water partition coefficient (Wildman–Crippen LogP) is 4.40. The highest BCUT2D eigenvalue weighted by Gasteiger charge is 2.29. The van der Waals surface area contributed by atoms with E-state index < -0.39 is 0 Å². The summed E-state index contributed by atoms with van der Waals surface area (Å²) in [5.74, 6) is 1.35. The van der Waals surface area contributed by atoms with Crippen LogP contribution in [0.4, 0.5) is 5.69 Å². The number of carbonyl (C=O) groups is 1. The number of rotatable bonds is 6. The molecule has 1 aliphatic rings. The van der Waals surface area contributed by atoms with E-state index in [0.717, 1.165) is 48.1 Å². The van der Waals surface area contributed by atoms with Crippen LogP contribution in [0.15, 0.2) is 71.6 Å². The van der Waals surface area contributed by atoms with Gasteiger partial charge in [0.1, 0.15) is 22.5 Å². The lowest BCUT2D eigenvalue weighted by molar-refractivity contribution is -0.122. The second kappa shape index (κ2) is 9.15. The molecule has 32 heavy (non-hydrogen) atoms. The van der Waals surface area contributed by atoms with Gasteiger partial charge in [0.15, 0.2) is 0 Å². The van der Waals surface area contributed by atoms with Crippen LogP contribution < -0.4 is 10.1 Å². The SMILES string of the molecule is O=C(Nc1ccc(Oc2cccnc2)cc1)[C@@H]1CCCCN1Cc1cccc2nonc12. The number of hydrogen-bond acceptors (Lipinski definition) is 7. The standard InChI is InChI=1S/C24H23N5O3/c30-24(26-18-9-11-19(12-10-18)31-20-6-4-13-25-15-20)22-8-1-2-14-29(22)16-17-5-3-7-21-23(17)28-32-27-21/h3-7,9-13,15,22H,1-2,8,14,16H2,(H,26,30)/t22-/m0/s1. The molecule has 1 aliphatic heterocycles. The van der Waals surface area contributed by atoms with Crippen molar-refractivity contribution >= 4 is 22.6 Å². The number of anilines is 1. The number of amides is 1. The maximum Gasteiger partial charge on any atom is 0.241 e. The van der Waals surface area contributed by atoms with E-state index in [2.05, 4.69) is 25.5 Å². The van der Waals surface area contributed by atoms with Gasteiger partial charge < -0.3 is 10.1 Å². The van der Waals surface area contributed by atoms with Gasteiger partial charge in [-0.05, 0) is 77.7 Å². The second-order valence-corrected chi connectivity index (χ2v) is 7.84. The molecule has 1 saturated heterocycles. The van der Waals surface area contributed by atoms with Crippen LogP contribution in [0.1, 0.15) is 24.8 Å². The summed E-state index contributed by atoms with van der Waals surface area (Å²) in [7, 11) is 0. The molecule has 0 aliphatic carbocycles. The van der Waals surface area contributed by atoms with Gasteiger partial charge in [0, 0.05) is 18.4 Å². The van der Waals surface area contributed by atoms with Crippen molar-refractivity contribution in [3.05, 3.63) is 72.6 Å². The van der Waals surface area contributed by atoms with Crippen molar-refractivity contribution in [1.82, 2.24) is 20.2 Å². The number of benzene rings is 2. The molecular formula is C24H23N5O3. The molecule has 3 heterocycles. The van der Waals surface area contributed by atoms with Crippen LogP contribution in [0.5, 0.6) is 11.5 Å². The highest BCUT2D eigenvalue weighted by Crippen LogP contribution is 2.25. The van der Waals surface area contributed by atoms with E-state index in [1.54, 1.807) is 12.4 Å². The summed E-state index contributed by atoms with van der Waals surface area (Å²) in [5.41, 5.74) is 3.23. The summed E-state index contributed by atoms with van der Waals surface area (Å²) in [5, 5.41) is 11.0. The Kier molecular flexibility index (Phi) is 5.76. The summed E-state index contributed by atoms with van der Waals surface area (Å²) < 4.78 is 10.6. The van der Waals surface area contributed by atoms with Crippen LogP contribution in [-0.4, -0.2) is 38.7 Å². The van der Waals surface area contributed by atoms with Gasteiger partial charge in [-0.1, -0.05) is 18.6 Å². The molecule has 1 atom stereocenters. The van der Waals surface area contributed by atoms with E-state index in [1.165, 1.54) is 0 Å². The van der Waals surface area contributed by atoms with Crippen LogP contribution >= 0.6 is 0 Å². The molecule has 8 heteroatoms. The minimum Gasteiger partial charge on any atom is -0.456 e. The second-order valence-electron chi connectivity index (χ2n) is 7.84. The van der Waals surface area contributed by atoms with E-state index in [1.807, 2.05) is 54.6 Å². The number of ether oxygens (including phenoxy) is 1. The Balaban J connectivity index is 1.26. The van der Waals surface area contributed by atoms with Crippen LogP contribution in [0, 0.1) is 0 Å². The average Bonchev–Trinajstić information content (AvgIpc) is 3.31. The minimum absolute atomic E-state index is 0.00363. The number of likely N-dealkylation sites (tertiary alicyclic amines) is 1. The van der Waals surface area contributed by atoms with E-state index in [9.17, 15) is 4.79 Å². The third kappa shape index (κ3) is 4.45. The molecule has 5 rings (SSSR count). The van der Waals surface area contributed by atoms with Gasteiger partial charge >= 0.3 is 0 Å². The number of aromatic nitrogens is 3. The zero-order valence-electron chi connectivity index (χ0n) is 17.5. The Morgan fingerprint density at radius 3 is 2.81 bits per heavy atom. The quantitative estimate of drug-likeness (QED) is 0.485. The lowest BCUT2D eigenvalue weighted by atomic mass is 10.00. The van der Waals surface area contributed by atoms with Crippen molar-refractivity contribution in [2.24, 2.45) is 0 Å². The fourth-order valence-electron chi connectivity index (χ4n) is 4.06. The third-order valence-corrected chi connectivity index (χ3v) is 5.65. The maximum absolute atomic E-state index is 13.1. The molecule has 0 saturated carbocycles. The lowest BCUT2D eigenvalue weighted by Gasteiger charge is -2.34. The highest BCUT2D eigenvalue weighted by atomic mass is 16.6. The van der Waals surface area contributed by atoms with Crippen LogP contribution in [-0.2, 0) is 11.3 Å². The number of nitrogens with zero attached hydrogens (tertiary/aromatic N) is 4. The fourth-order valence-corrected chi connectivity index (χ4v) is 4.06. The zero-order valence-corrected chi connectivity index (χ0v) is 17.5. The Hall–Kier alpha value is -3.78. The number of fused-ring (bicyclic) bond motifs is 1. The molecule has 0 radical (unpaired) electrons. The van der Waals surface area contributed by atoms with E-state index in [-0.39, 0.29) is 11.9 Å². The van der Waals surface area contributed by atoms with Crippen LogP contribution in [0.25, 0.3) is 11.0 Å². The van der Waals surface area contributed by atoms with Crippen molar-refractivity contribution in [3.63, 3.8) is 0 Å². The molecule has 0 unspecified atom stereocenters. The van der Waals surface area contributed by atoms with Crippen molar-refractivity contribution in [2.75, 3.05) is 11.9 Å². The van der Waals surface area contributed by atoms with E-state index >= 15 is 0 Å². The molecule has 2 aromatic heterocycles. The molecule has 8 nitrogen and oxygen atoms in total. The van der Waals surface area contributed by atoms with Gasteiger partial charge in [-0.25, -0.2) is 4.63 Å². The van der Waals surface area contributed by atoms with Crippen molar-refractivity contribution < 1.29 is 14.2 Å². The smallest absolute Gasteiger partial charge is 0.241 e. The largest absolute Gasteiger partial charge is 0.456 e. The molecule has 162 valence electrons. The first kappa shape index (κ1) is 20.1. The van der Waals surface area contributed by atoms with Crippen molar-refractivity contribution in [3.8, 4) is 11.5 Å². The Morgan fingerprint density at radius 2 is 1.97 bits per heavy atom. The number of nitrogens with one attached hydrogen (secondary N) is 1. The minimum atomic E-state index is -0.204. The van der Waals surface area contributed by atoms with Crippen LogP contribution in [0.2, 0.25) is 0 Å². The van der Waals surface area contributed by atoms with Gasteiger partial charge in [0.2, 0.25) is 5.91 Å². The monoisotopic (exact) mass is 429 g/mol. The summed E-state index contributed by atoms with van der Waals surface area (Å²) >= 11 is 0. The normalized spacial score (nSPS) is 16.7. The number of piperidine rings is 1. The first-order valence-corrected chi connectivity index (χ1v) is 10.7. The van der Waals surface area contributed by atoms with E-state index in [0.29, 0.717) is 18.0 Å². The Labute approximate surface area is 185 Å². The highest BCUT2D eigenvalue weighted by molar-refractivity contribution is 5.95. The predicted molar refractivity (Wildman–Crippen MR) is 119 cm³/mol. The first-order chi connectivity index (χ1) is 15.8. The number of pyridine rings is 1. The Bertz CT molecular complexity index is 1190. The maximum atomic E-state index is 13.1. The molecule has 4 aromatic rings. The number of hydrogen-bond donors (Lipinski definition) is 1. The summed E-state index contributed by atoms with van der Waals surface area (Å²) in [4.78, 5) is 19.4. The molecule has 2 aromatic carbocycles. The molecular weight excluding hydrogens is 406 g/mol. The first-order valence-electron chi connectivity index (χ1n) is 10.7. The number of carbonyl (C=O) groups excluding carboxylic acids is 1. The molecule has 1 N–H and O–H groups in total. The Morgan fingerprint density at radius 1 is 1.06 bits per heavy atom. The average molecular weight is 429 g/mol. The zero-order chi connectivity index (χ0) is 21.8. The van der Waals surface area contributed by atoms with Crippen molar-refractivity contribution in [2.45, 2.75) is 31.8 Å². The van der Waals surface area contributed by atoms with Gasteiger partial charge in [0.25, 0.3) is 0 Å². The van der Waals surface area contributed by atoms with Crippen LogP contribution in [0.3, 0.4) is 0 Å². The molecule has 0 bridgehead atoms.